The summed E-state index contributed by atoms with van der Waals surface area (Å²) in [5, 5.41) is 0. The van der Waals surface area contributed by atoms with E-state index < -0.39 is 42.4 Å². The predicted octanol–water partition coefficient (Wildman–Crippen LogP) is 3.75. The smallest absolute Gasteiger partial charge is 0.357 e. The van der Waals surface area contributed by atoms with Crippen molar-refractivity contribution < 1.29 is 32.3 Å². The molecule has 0 aromatic heterocycles. The van der Waals surface area contributed by atoms with Crippen LogP contribution in [0.25, 0.3) is 0 Å². The number of esters is 1. The summed E-state index contributed by atoms with van der Waals surface area (Å²) >= 11 is 0. The van der Waals surface area contributed by atoms with Crippen molar-refractivity contribution in [3.63, 3.8) is 0 Å². The van der Waals surface area contributed by atoms with Crippen LogP contribution < -0.4 is 0 Å². The summed E-state index contributed by atoms with van der Waals surface area (Å²) in [6.45, 7) is 7.20. The molecule has 2 unspecified atom stereocenters. The molecule has 1 aromatic carbocycles. The molecule has 1 saturated heterocycles. The van der Waals surface area contributed by atoms with Crippen molar-refractivity contribution >= 4 is 19.5 Å². The Balaban J connectivity index is 2.59. The molecular formula is C19H27FNO6P. The second-order valence-corrected chi connectivity index (χ2v) is 9.30. The molecule has 0 radical (unpaired) electrons. The van der Waals surface area contributed by atoms with Gasteiger partial charge in [-0.25, -0.2) is 4.39 Å². The van der Waals surface area contributed by atoms with Crippen LogP contribution in [-0.4, -0.2) is 43.6 Å². The van der Waals surface area contributed by atoms with Crippen LogP contribution in [0.15, 0.2) is 24.3 Å². The number of likely N-dealkylation sites (tertiary alicyclic amines) is 1. The number of nitrogens with zero attached hydrogens (tertiary/aromatic N) is 1. The van der Waals surface area contributed by atoms with Crippen molar-refractivity contribution in [2.75, 3.05) is 26.9 Å². The van der Waals surface area contributed by atoms with Gasteiger partial charge in [0.05, 0.1) is 20.3 Å². The third kappa shape index (κ3) is 4.29. The van der Waals surface area contributed by atoms with Gasteiger partial charge in [-0.05, 0) is 31.5 Å². The lowest BCUT2D eigenvalue weighted by Crippen LogP contribution is -2.35. The summed E-state index contributed by atoms with van der Waals surface area (Å²) in [5.74, 6) is -3.79. The summed E-state index contributed by atoms with van der Waals surface area (Å²) in [5.41, 5.74) is -0.354. The van der Waals surface area contributed by atoms with Crippen molar-refractivity contribution in [1.29, 1.82) is 0 Å². The summed E-state index contributed by atoms with van der Waals surface area (Å²) in [7, 11) is -2.62. The minimum Gasteiger partial charge on any atom is -0.468 e. The van der Waals surface area contributed by atoms with Crippen molar-refractivity contribution in [3.8, 4) is 0 Å². The van der Waals surface area contributed by atoms with Gasteiger partial charge in [-0.1, -0.05) is 26.0 Å². The van der Waals surface area contributed by atoms with Crippen molar-refractivity contribution in [1.82, 2.24) is 4.90 Å². The van der Waals surface area contributed by atoms with E-state index in [0.29, 0.717) is 5.56 Å². The van der Waals surface area contributed by atoms with Gasteiger partial charge in [0, 0.05) is 12.0 Å². The van der Waals surface area contributed by atoms with E-state index in [0.717, 1.165) is 0 Å². The largest absolute Gasteiger partial charge is 0.468 e. The minimum absolute atomic E-state index is 0.0980. The number of methoxy groups -OCH3 is 1. The minimum atomic E-state index is -3.84. The standard InChI is InChI=1S/C19H27FNO6P/c1-6-26-28(24,27-7-2)17(13-8-10-14(20)11-9-13)21-12-19(3,4)15(16(21)22)18(23)25-5/h8-11,15,17H,6-7,12H2,1-5H3. The average Bonchev–Trinajstić information content (AvgIpc) is 2.85. The highest BCUT2D eigenvalue weighted by atomic mass is 31.2. The van der Waals surface area contributed by atoms with E-state index in [-0.39, 0.29) is 19.8 Å². The topological polar surface area (TPSA) is 82.1 Å². The molecule has 1 amide bonds. The molecule has 2 rings (SSSR count). The number of hydrogen-bond acceptors (Lipinski definition) is 6. The van der Waals surface area contributed by atoms with Gasteiger partial charge in [0.15, 0.2) is 5.78 Å². The van der Waals surface area contributed by atoms with Crippen LogP contribution in [0, 0.1) is 17.2 Å². The number of carbonyl (C=O) groups excluding carboxylic acids is 2. The highest BCUT2D eigenvalue weighted by Crippen LogP contribution is 2.64. The summed E-state index contributed by atoms with van der Waals surface area (Å²) in [6, 6.07) is 5.31. The van der Waals surface area contributed by atoms with Gasteiger partial charge in [-0.2, -0.15) is 0 Å². The van der Waals surface area contributed by atoms with E-state index in [9.17, 15) is 18.5 Å². The lowest BCUT2D eigenvalue weighted by Gasteiger charge is -2.34. The van der Waals surface area contributed by atoms with E-state index >= 15 is 0 Å². The van der Waals surface area contributed by atoms with Gasteiger partial charge >= 0.3 is 13.6 Å². The Morgan fingerprint density at radius 3 is 2.25 bits per heavy atom. The van der Waals surface area contributed by atoms with Gasteiger partial charge in [-0.3, -0.25) is 14.2 Å². The Bertz CT molecular complexity index is 756. The number of halogens is 1. The molecule has 156 valence electrons. The first kappa shape index (κ1) is 22.5. The SMILES string of the molecule is CCOP(=O)(OCC)C(c1ccc(F)cc1)N1CC(C)(C)C(C(=O)OC)C1=O. The molecular weight excluding hydrogens is 388 g/mol. The number of hydrogen-bond donors (Lipinski definition) is 0. The van der Waals surface area contributed by atoms with E-state index in [2.05, 4.69) is 0 Å². The van der Waals surface area contributed by atoms with E-state index in [4.69, 9.17) is 13.8 Å². The second-order valence-electron chi connectivity index (χ2n) is 7.21. The average molecular weight is 415 g/mol. The molecule has 1 fully saturated rings. The van der Waals surface area contributed by atoms with Crippen LogP contribution in [-0.2, 0) is 27.9 Å². The van der Waals surface area contributed by atoms with Crippen LogP contribution in [0.1, 0.15) is 39.0 Å². The summed E-state index contributed by atoms with van der Waals surface area (Å²) in [6.07, 6.45) is 0. The predicted molar refractivity (Wildman–Crippen MR) is 101 cm³/mol. The molecule has 0 N–H and O–H groups in total. The summed E-state index contributed by atoms with van der Waals surface area (Å²) < 4.78 is 42.9. The number of carbonyl (C=O) groups is 2. The fourth-order valence-electron chi connectivity index (χ4n) is 3.56. The first-order valence-electron chi connectivity index (χ1n) is 9.13. The Morgan fingerprint density at radius 1 is 1.25 bits per heavy atom. The molecule has 1 heterocycles. The highest BCUT2D eigenvalue weighted by molar-refractivity contribution is 7.54. The highest BCUT2D eigenvalue weighted by Gasteiger charge is 2.56. The van der Waals surface area contributed by atoms with Gasteiger partial charge in [0.25, 0.3) is 0 Å². The Morgan fingerprint density at radius 2 is 1.79 bits per heavy atom. The van der Waals surface area contributed by atoms with Gasteiger partial charge in [-0.15, -0.1) is 0 Å². The maximum Gasteiger partial charge on any atom is 0.357 e. The Kier molecular flexibility index (Phi) is 7.02. The van der Waals surface area contributed by atoms with Crippen molar-refractivity contribution in [2.24, 2.45) is 11.3 Å². The molecule has 0 saturated carbocycles. The van der Waals surface area contributed by atoms with Crippen LogP contribution in [0.4, 0.5) is 4.39 Å². The molecule has 1 aliphatic heterocycles. The number of amides is 1. The maximum absolute atomic E-state index is 13.6. The van der Waals surface area contributed by atoms with Gasteiger partial charge < -0.3 is 18.7 Å². The zero-order valence-electron chi connectivity index (χ0n) is 16.8. The number of rotatable bonds is 8. The van der Waals surface area contributed by atoms with Gasteiger partial charge in [0.2, 0.25) is 5.91 Å². The second kappa shape index (κ2) is 8.72. The molecule has 0 bridgehead atoms. The lowest BCUT2D eigenvalue weighted by molar-refractivity contribution is -0.153. The molecule has 7 nitrogen and oxygen atoms in total. The van der Waals surface area contributed by atoms with E-state index in [1.807, 2.05) is 0 Å². The van der Waals surface area contributed by atoms with E-state index in [1.165, 1.54) is 36.3 Å². The fraction of sp³-hybridized carbons (Fsp3) is 0.579. The molecule has 9 heteroatoms. The first-order valence-corrected chi connectivity index (χ1v) is 10.7. The van der Waals surface area contributed by atoms with Crippen molar-refractivity contribution in [3.05, 3.63) is 35.6 Å². The third-order valence-electron chi connectivity index (χ3n) is 4.71. The molecule has 28 heavy (non-hydrogen) atoms. The fourth-order valence-corrected chi connectivity index (χ4v) is 5.71. The Labute approximate surface area is 164 Å². The normalized spacial score (nSPS) is 20.3. The van der Waals surface area contributed by atoms with Crippen LogP contribution in [0.5, 0.6) is 0 Å². The molecule has 0 aliphatic carbocycles. The third-order valence-corrected chi connectivity index (χ3v) is 7.12. The van der Waals surface area contributed by atoms with Crippen LogP contribution in [0.3, 0.4) is 0 Å². The van der Waals surface area contributed by atoms with E-state index in [1.54, 1.807) is 27.7 Å². The molecule has 1 aromatic rings. The first-order chi connectivity index (χ1) is 13.1. The lowest BCUT2D eigenvalue weighted by atomic mass is 9.82. The zero-order valence-corrected chi connectivity index (χ0v) is 17.7. The number of ether oxygens (including phenoxy) is 1. The summed E-state index contributed by atoms with van der Waals surface area (Å²) in [4.78, 5) is 26.8. The zero-order chi connectivity index (χ0) is 21.1. The quantitative estimate of drug-likeness (QED) is 0.365. The van der Waals surface area contributed by atoms with Crippen molar-refractivity contribution in [2.45, 2.75) is 33.5 Å². The van der Waals surface area contributed by atoms with Crippen LogP contribution >= 0.6 is 7.60 Å². The molecule has 0 spiro atoms. The molecule has 2 atom stereocenters. The van der Waals surface area contributed by atoms with Gasteiger partial charge in [0.1, 0.15) is 11.7 Å². The van der Waals surface area contributed by atoms with Crippen LogP contribution in [0.2, 0.25) is 0 Å². The number of benzene rings is 1. The monoisotopic (exact) mass is 415 g/mol. The maximum atomic E-state index is 13.6. The Hall–Kier alpha value is -1.76. The molecule has 1 aliphatic rings.